The lowest BCUT2D eigenvalue weighted by Gasteiger charge is -2.13. The number of nitrogens with zero attached hydrogens (tertiary/aromatic N) is 3. The molecule has 0 fully saturated rings. The van der Waals surface area contributed by atoms with Crippen molar-refractivity contribution >= 4 is 23.0 Å². The van der Waals surface area contributed by atoms with Crippen LogP contribution in [0, 0.1) is 18.3 Å². The summed E-state index contributed by atoms with van der Waals surface area (Å²) in [6, 6.07) is 24.3. The Hall–Kier alpha value is -3.49. The van der Waals surface area contributed by atoms with E-state index in [0.717, 1.165) is 21.6 Å². The molecule has 2 aromatic heterocycles. The monoisotopic (exact) mass is 383 g/mol. The zero-order valence-corrected chi connectivity index (χ0v) is 16.1. The normalized spacial score (nSPS) is 11.5. The van der Waals surface area contributed by atoms with Crippen molar-refractivity contribution in [2.45, 2.75) is 12.8 Å². The number of allylic oxidation sites excluding steroid dienone is 1. The van der Waals surface area contributed by atoms with Crippen LogP contribution in [-0.4, -0.2) is 10.1 Å². The molecule has 0 saturated carbocycles. The maximum Gasteiger partial charge on any atom is 0.268 e. The third-order valence-corrected chi connectivity index (χ3v) is 5.46. The molecule has 0 saturated heterocycles. The molecule has 2 aromatic carbocycles. The molecule has 0 amide bonds. The van der Waals surface area contributed by atoms with E-state index in [2.05, 4.69) is 16.2 Å². The number of hydrogen-bond donors (Lipinski definition) is 0. The van der Waals surface area contributed by atoms with Gasteiger partial charge >= 0.3 is 0 Å². The summed E-state index contributed by atoms with van der Waals surface area (Å²) >= 11 is 1.58. The minimum Gasteiger partial charge on any atom is -0.333 e. The molecule has 0 atom stereocenters. The fourth-order valence-corrected chi connectivity index (χ4v) is 3.91. The third kappa shape index (κ3) is 3.64. The van der Waals surface area contributed by atoms with Crippen LogP contribution in [0.3, 0.4) is 0 Å². The molecule has 4 aromatic rings. The highest BCUT2D eigenvalue weighted by Gasteiger charge is 2.23. The summed E-state index contributed by atoms with van der Waals surface area (Å²) in [5.74, 6) is 0.613. The predicted molar refractivity (Wildman–Crippen MR) is 111 cm³/mol. The van der Waals surface area contributed by atoms with Crippen LogP contribution in [0.4, 0.5) is 0 Å². The van der Waals surface area contributed by atoms with E-state index in [1.807, 2.05) is 79.0 Å². The van der Waals surface area contributed by atoms with E-state index < -0.39 is 0 Å². The molecule has 0 aliphatic heterocycles. The number of aromatic nitrogens is 2. The lowest BCUT2D eigenvalue weighted by atomic mass is 9.91. The minimum atomic E-state index is -0.164. The Morgan fingerprint density at radius 2 is 1.68 bits per heavy atom. The number of rotatable bonds is 5. The van der Waals surface area contributed by atoms with Gasteiger partial charge < -0.3 is 4.52 Å². The minimum absolute atomic E-state index is 0.164. The standard InChI is InChI=1S/C23H17N3OS/c1-16-12-13-28-20(16)14-19(15-24)23-25-22(26-27-23)21(17-8-4-2-5-9-17)18-10-6-3-7-11-18/h2-14,21H,1H3/b19-14+. The fraction of sp³-hybridized carbons (Fsp3) is 0.0870. The third-order valence-electron chi connectivity index (χ3n) is 4.49. The Morgan fingerprint density at radius 1 is 1.04 bits per heavy atom. The first-order valence-electron chi connectivity index (χ1n) is 8.86. The number of nitriles is 1. The van der Waals surface area contributed by atoms with Crippen molar-refractivity contribution in [2.24, 2.45) is 0 Å². The maximum atomic E-state index is 9.61. The molecule has 0 spiro atoms. The molecule has 0 N–H and O–H groups in total. The summed E-state index contributed by atoms with van der Waals surface area (Å²) in [6.45, 7) is 2.01. The SMILES string of the molecule is Cc1ccsc1/C=C(\C#N)c1nc(C(c2ccccc2)c2ccccc2)no1. The zero-order chi connectivity index (χ0) is 19.3. The van der Waals surface area contributed by atoms with Gasteiger partial charge in [-0.1, -0.05) is 65.8 Å². The first-order chi connectivity index (χ1) is 13.8. The van der Waals surface area contributed by atoms with Crippen molar-refractivity contribution in [1.29, 1.82) is 5.26 Å². The number of hydrogen-bond acceptors (Lipinski definition) is 5. The summed E-state index contributed by atoms with van der Waals surface area (Å²) in [4.78, 5) is 5.59. The molecule has 136 valence electrons. The Bertz CT molecular complexity index is 1100. The van der Waals surface area contributed by atoms with Crippen LogP contribution in [0.25, 0.3) is 11.6 Å². The van der Waals surface area contributed by atoms with Crippen LogP contribution in [0.5, 0.6) is 0 Å². The van der Waals surface area contributed by atoms with E-state index in [-0.39, 0.29) is 11.8 Å². The lowest BCUT2D eigenvalue weighted by molar-refractivity contribution is 0.401. The van der Waals surface area contributed by atoms with Gasteiger partial charge in [-0.05, 0) is 41.1 Å². The van der Waals surface area contributed by atoms with Gasteiger partial charge in [0.15, 0.2) is 5.82 Å². The van der Waals surface area contributed by atoms with E-state index in [1.165, 1.54) is 0 Å². The van der Waals surface area contributed by atoms with Gasteiger partial charge in [0, 0.05) is 4.88 Å². The van der Waals surface area contributed by atoms with Gasteiger partial charge in [-0.25, -0.2) is 0 Å². The number of thiophene rings is 1. The molecule has 0 radical (unpaired) electrons. The van der Waals surface area contributed by atoms with Gasteiger partial charge in [-0.15, -0.1) is 11.3 Å². The summed E-state index contributed by atoms with van der Waals surface area (Å²) in [7, 11) is 0. The molecule has 2 heterocycles. The Kier molecular flexibility index (Phi) is 5.14. The number of aryl methyl sites for hydroxylation is 1. The van der Waals surface area contributed by atoms with Gasteiger partial charge in [0.25, 0.3) is 5.89 Å². The first kappa shape index (κ1) is 17.9. The summed E-state index contributed by atoms with van der Waals surface area (Å²) in [5, 5.41) is 15.8. The second-order valence-electron chi connectivity index (χ2n) is 6.35. The maximum absolute atomic E-state index is 9.61. The second-order valence-corrected chi connectivity index (χ2v) is 7.30. The molecule has 4 rings (SSSR count). The van der Waals surface area contributed by atoms with E-state index in [4.69, 9.17) is 4.52 Å². The highest BCUT2D eigenvalue weighted by Crippen LogP contribution is 2.31. The molecule has 0 aliphatic rings. The van der Waals surface area contributed by atoms with Gasteiger partial charge in [0.2, 0.25) is 0 Å². The average Bonchev–Trinajstić information content (AvgIpc) is 3.37. The zero-order valence-electron chi connectivity index (χ0n) is 15.2. The second kappa shape index (κ2) is 8.03. The van der Waals surface area contributed by atoms with E-state index >= 15 is 0 Å². The highest BCUT2D eigenvalue weighted by molar-refractivity contribution is 7.11. The van der Waals surface area contributed by atoms with E-state index in [9.17, 15) is 5.26 Å². The van der Waals surface area contributed by atoms with Crippen molar-refractivity contribution in [1.82, 2.24) is 10.1 Å². The molecule has 0 aliphatic carbocycles. The highest BCUT2D eigenvalue weighted by atomic mass is 32.1. The molecular formula is C23H17N3OS. The van der Waals surface area contributed by atoms with Crippen LogP contribution in [0.15, 0.2) is 76.6 Å². The predicted octanol–water partition coefficient (Wildman–Crippen LogP) is 5.68. The van der Waals surface area contributed by atoms with Gasteiger partial charge in [-0.3, -0.25) is 0 Å². The van der Waals surface area contributed by atoms with Crippen molar-refractivity contribution in [2.75, 3.05) is 0 Å². The average molecular weight is 383 g/mol. The van der Waals surface area contributed by atoms with Crippen molar-refractivity contribution in [3.63, 3.8) is 0 Å². The van der Waals surface area contributed by atoms with Crippen LogP contribution >= 0.6 is 11.3 Å². The smallest absolute Gasteiger partial charge is 0.268 e. The van der Waals surface area contributed by atoms with Crippen LogP contribution in [0.2, 0.25) is 0 Å². The fourth-order valence-electron chi connectivity index (χ4n) is 3.05. The largest absolute Gasteiger partial charge is 0.333 e. The Labute approximate surface area is 167 Å². The first-order valence-corrected chi connectivity index (χ1v) is 9.74. The molecule has 0 bridgehead atoms. The van der Waals surface area contributed by atoms with E-state index in [1.54, 1.807) is 17.4 Å². The summed E-state index contributed by atoms with van der Waals surface area (Å²) in [6.07, 6.45) is 1.80. The van der Waals surface area contributed by atoms with Crippen molar-refractivity contribution in [3.8, 4) is 6.07 Å². The Morgan fingerprint density at radius 3 is 2.21 bits per heavy atom. The summed E-state index contributed by atoms with van der Waals surface area (Å²) < 4.78 is 5.48. The topological polar surface area (TPSA) is 62.7 Å². The van der Waals surface area contributed by atoms with Crippen molar-refractivity contribution in [3.05, 3.63) is 105 Å². The lowest BCUT2D eigenvalue weighted by Crippen LogP contribution is -2.05. The Balaban J connectivity index is 1.76. The number of benzene rings is 2. The molecule has 28 heavy (non-hydrogen) atoms. The van der Waals surface area contributed by atoms with Gasteiger partial charge in [0.05, 0.1) is 5.92 Å². The van der Waals surface area contributed by atoms with Gasteiger partial charge in [-0.2, -0.15) is 10.2 Å². The molecule has 4 nitrogen and oxygen atoms in total. The van der Waals surface area contributed by atoms with Gasteiger partial charge in [0.1, 0.15) is 11.6 Å². The van der Waals surface area contributed by atoms with Crippen molar-refractivity contribution < 1.29 is 4.52 Å². The van der Waals surface area contributed by atoms with E-state index in [0.29, 0.717) is 11.4 Å². The van der Waals surface area contributed by atoms with Crippen LogP contribution in [0.1, 0.15) is 39.2 Å². The van der Waals surface area contributed by atoms with Crippen LogP contribution < -0.4 is 0 Å². The van der Waals surface area contributed by atoms with Crippen LogP contribution in [-0.2, 0) is 0 Å². The summed E-state index contributed by atoms with van der Waals surface area (Å²) in [5.41, 5.74) is 3.61. The molecular weight excluding hydrogens is 366 g/mol. The molecule has 0 unspecified atom stereocenters. The quantitative estimate of drug-likeness (QED) is 0.416. The molecule has 5 heteroatoms.